The van der Waals surface area contributed by atoms with Crippen molar-refractivity contribution in [2.45, 2.75) is 12.1 Å². The predicted octanol–water partition coefficient (Wildman–Crippen LogP) is 3.10. The van der Waals surface area contributed by atoms with Gasteiger partial charge in [0.2, 0.25) is 0 Å². The standard InChI is InChI=1S/C11H12BrF3O2/c12-10-3-1-2-8(4-10)9(5-16)6-17-7-11(13,14)15/h1-4,9,16H,5-7H2. The van der Waals surface area contributed by atoms with Gasteiger partial charge in [0.15, 0.2) is 0 Å². The molecule has 17 heavy (non-hydrogen) atoms. The first kappa shape index (κ1) is 14.5. The summed E-state index contributed by atoms with van der Waals surface area (Å²) in [4.78, 5) is 0. The number of benzene rings is 1. The largest absolute Gasteiger partial charge is 0.411 e. The topological polar surface area (TPSA) is 29.5 Å². The van der Waals surface area contributed by atoms with Gasteiger partial charge in [0.25, 0.3) is 0 Å². The van der Waals surface area contributed by atoms with E-state index in [0.29, 0.717) is 0 Å². The average molecular weight is 313 g/mol. The fourth-order valence-electron chi connectivity index (χ4n) is 1.33. The van der Waals surface area contributed by atoms with Gasteiger partial charge in [-0.25, -0.2) is 0 Å². The van der Waals surface area contributed by atoms with Crippen LogP contribution < -0.4 is 0 Å². The Bertz CT molecular complexity index is 355. The van der Waals surface area contributed by atoms with Gasteiger partial charge in [0.1, 0.15) is 6.61 Å². The lowest BCUT2D eigenvalue weighted by Gasteiger charge is -2.16. The van der Waals surface area contributed by atoms with Crippen LogP contribution >= 0.6 is 15.9 Å². The summed E-state index contributed by atoms with van der Waals surface area (Å²) < 4.78 is 41.0. The summed E-state index contributed by atoms with van der Waals surface area (Å²) in [6.07, 6.45) is -4.34. The highest BCUT2D eigenvalue weighted by atomic mass is 79.9. The number of halogens is 4. The van der Waals surface area contributed by atoms with Gasteiger partial charge in [0, 0.05) is 10.4 Å². The predicted molar refractivity (Wildman–Crippen MR) is 60.8 cm³/mol. The van der Waals surface area contributed by atoms with E-state index in [1.165, 1.54) is 0 Å². The van der Waals surface area contributed by atoms with Gasteiger partial charge in [-0.1, -0.05) is 28.1 Å². The number of hydrogen-bond acceptors (Lipinski definition) is 2. The summed E-state index contributed by atoms with van der Waals surface area (Å²) in [6.45, 7) is -1.71. The molecule has 1 N–H and O–H groups in total. The van der Waals surface area contributed by atoms with E-state index in [2.05, 4.69) is 20.7 Å². The maximum absolute atomic E-state index is 11.9. The number of ether oxygens (including phenoxy) is 1. The third kappa shape index (κ3) is 5.52. The van der Waals surface area contributed by atoms with Gasteiger partial charge >= 0.3 is 6.18 Å². The van der Waals surface area contributed by atoms with E-state index in [0.717, 1.165) is 10.0 Å². The van der Waals surface area contributed by atoms with Crippen molar-refractivity contribution in [3.8, 4) is 0 Å². The molecular weight excluding hydrogens is 301 g/mol. The molecule has 1 unspecified atom stereocenters. The molecule has 0 saturated heterocycles. The van der Waals surface area contributed by atoms with E-state index < -0.39 is 18.7 Å². The van der Waals surface area contributed by atoms with Crippen LogP contribution in [0, 0.1) is 0 Å². The zero-order valence-corrected chi connectivity index (χ0v) is 10.5. The molecule has 0 aromatic heterocycles. The summed E-state index contributed by atoms with van der Waals surface area (Å²) in [7, 11) is 0. The molecule has 1 atom stereocenters. The van der Waals surface area contributed by atoms with Crippen LogP contribution in [-0.2, 0) is 4.74 Å². The van der Waals surface area contributed by atoms with Crippen LogP contribution in [0.15, 0.2) is 28.7 Å². The maximum Gasteiger partial charge on any atom is 0.411 e. The number of rotatable bonds is 5. The highest BCUT2D eigenvalue weighted by Gasteiger charge is 2.28. The van der Waals surface area contributed by atoms with Gasteiger partial charge in [-0.2, -0.15) is 13.2 Å². The Balaban J connectivity index is 2.54. The van der Waals surface area contributed by atoms with Crippen LogP contribution in [0.3, 0.4) is 0 Å². The third-order valence-corrected chi connectivity index (χ3v) is 2.62. The number of alkyl halides is 3. The normalized spacial score (nSPS) is 13.7. The smallest absolute Gasteiger partial charge is 0.396 e. The van der Waals surface area contributed by atoms with Crippen molar-refractivity contribution < 1.29 is 23.0 Å². The molecule has 0 saturated carbocycles. The van der Waals surface area contributed by atoms with Gasteiger partial charge in [-0.05, 0) is 17.7 Å². The van der Waals surface area contributed by atoms with Crippen molar-refractivity contribution in [2.24, 2.45) is 0 Å². The maximum atomic E-state index is 11.9. The molecule has 0 heterocycles. The average Bonchev–Trinajstić information content (AvgIpc) is 2.23. The van der Waals surface area contributed by atoms with Crippen LogP contribution in [-0.4, -0.2) is 31.1 Å². The molecular formula is C11H12BrF3O2. The van der Waals surface area contributed by atoms with E-state index in [4.69, 9.17) is 5.11 Å². The molecule has 0 bridgehead atoms. The zero-order chi connectivity index (χ0) is 12.9. The SMILES string of the molecule is OCC(COCC(F)(F)F)c1cccc(Br)c1. The first-order chi connectivity index (χ1) is 7.92. The minimum atomic E-state index is -4.34. The molecule has 0 aliphatic rings. The fourth-order valence-corrected chi connectivity index (χ4v) is 1.75. The van der Waals surface area contributed by atoms with Crippen molar-refractivity contribution in [3.63, 3.8) is 0 Å². The van der Waals surface area contributed by atoms with Crippen molar-refractivity contribution in [3.05, 3.63) is 34.3 Å². The van der Waals surface area contributed by atoms with Crippen LogP contribution in [0.25, 0.3) is 0 Å². The zero-order valence-electron chi connectivity index (χ0n) is 8.88. The lowest BCUT2D eigenvalue weighted by Crippen LogP contribution is -2.21. The number of aliphatic hydroxyl groups excluding tert-OH is 1. The Morgan fingerprint density at radius 1 is 1.35 bits per heavy atom. The quantitative estimate of drug-likeness (QED) is 0.905. The summed E-state index contributed by atoms with van der Waals surface area (Å²) in [5, 5.41) is 9.12. The highest BCUT2D eigenvalue weighted by Crippen LogP contribution is 2.21. The lowest BCUT2D eigenvalue weighted by atomic mass is 10.0. The summed E-state index contributed by atoms with van der Waals surface area (Å²) in [5.74, 6) is -0.449. The van der Waals surface area contributed by atoms with Crippen molar-refractivity contribution >= 4 is 15.9 Å². The molecule has 6 heteroatoms. The minimum absolute atomic E-state index is 0.160. The van der Waals surface area contributed by atoms with E-state index in [9.17, 15) is 13.2 Å². The van der Waals surface area contributed by atoms with Gasteiger partial charge in [-0.15, -0.1) is 0 Å². The second-order valence-electron chi connectivity index (χ2n) is 3.56. The van der Waals surface area contributed by atoms with Crippen molar-refractivity contribution in [1.29, 1.82) is 0 Å². The Hall–Kier alpha value is -0.590. The van der Waals surface area contributed by atoms with E-state index in [1.54, 1.807) is 24.3 Å². The Labute approximate surface area is 106 Å². The minimum Gasteiger partial charge on any atom is -0.396 e. The Kier molecular flexibility index (Phi) is 5.42. The van der Waals surface area contributed by atoms with Gasteiger partial charge < -0.3 is 9.84 Å². The molecule has 0 amide bonds. The second kappa shape index (κ2) is 6.37. The summed E-state index contributed by atoms with van der Waals surface area (Å²) in [6, 6.07) is 7.04. The van der Waals surface area contributed by atoms with E-state index in [1.807, 2.05) is 0 Å². The molecule has 0 aliphatic heterocycles. The summed E-state index contributed by atoms with van der Waals surface area (Å²) in [5.41, 5.74) is 0.740. The highest BCUT2D eigenvalue weighted by molar-refractivity contribution is 9.10. The van der Waals surface area contributed by atoms with Crippen molar-refractivity contribution in [2.75, 3.05) is 19.8 Å². The summed E-state index contributed by atoms with van der Waals surface area (Å²) >= 11 is 3.26. The molecule has 0 fully saturated rings. The fraction of sp³-hybridized carbons (Fsp3) is 0.455. The van der Waals surface area contributed by atoms with Crippen LogP contribution in [0.4, 0.5) is 13.2 Å². The molecule has 1 rings (SSSR count). The van der Waals surface area contributed by atoms with E-state index >= 15 is 0 Å². The first-order valence-corrected chi connectivity index (χ1v) is 5.72. The second-order valence-corrected chi connectivity index (χ2v) is 4.48. The van der Waals surface area contributed by atoms with Crippen molar-refractivity contribution in [1.82, 2.24) is 0 Å². The van der Waals surface area contributed by atoms with E-state index in [-0.39, 0.29) is 13.2 Å². The molecule has 0 radical (unpaired) electrons. The molecule has 96 valence electrons. The number of aliphatic hydroxyl groups is 1. The third-order valence-electron chi connectivity index (χ3n) is 2.13. The molecule has 2 nitrogen and oxygen atoms in total. The van der Waals surface area contributed by atoms with Gasteiger partial charge in [-0.3, -0.25) is 0 Å². The first-order valence-electron chi connectivity index (χ1n) is 4.93. The Morgan fingerprint density at radius 2 is 2.06 bits per heavy atom. The van der Waals surface area contributed by atoms with Crippen LogP contribution in [0.1, 0.15) is 11.5 Å². The molecule has 1 aromatic carbocycles. The Morgan fingerprint density at radius 3 is 2.59 bits per heavy atom. The number of hydrogen-bond donors (Lipinski definition) is 1. The molecule has 1 aromatic rings. The monoisotopic (exact) mass is 312 g/mol. The van der Waals surface area contributed by atoms with Crippen LogP contribution in [0.2, 0.25) is 0 Å². The lowest BCUT2D eigenvalue weighted by molar-refractivity contribution is -0.175. The molecule has 0 spiro atoms. The molecule has 0 aliphatic carbocycles. The van der Waals surface area contributed by atoms with Crippen LogP contribution in [0.5, 0.6) is 0 Å². The van der Waals surface area contributed by atoms with Gasteiger partial charge in [0.05, 0.1) is 13.2 Å².